The van der Waals surface area contributed by atoms with Crippen molar-refractivity contribution >= 4 is 29.9 Å². The fourth-order valence-corrected chi connectivity index (χ4v) is 2.12. The predicted octanol–water partition coefficient (Wildman–Crippen LogP) is 3.32. The largest absolute Gasteiger partial charge is 0.382 e. The van der Waals surface area contributed by atoms with Gasteiger partial charge < -0.3 is 20.1 Å². The van der Waals surface area contributed by atoms with Crippen molar-refractivity contribution in [2.75, 3.05) is 33.4 Å². The number of aliphatic imine (C=N–C) groups is 1. The van der Waals surface area contributed by atoms with Gasteiger partial charge in [0.25, 0.3) is 0 Å². The second-order valence-electron chi connectivity index (χ2n) is 5.22. The zero-order valence-electron chi connectivity index (χ0n) is 15.1. The highest BCUT2D eigenvalue weighted by Crippen LogP contribution is 2.10. The maximum Gasteiger partial charge on any atom is 0.191 e. The number of ether oxygens (including phenoxy) is 2. The highest BCUT2D eigenvalue weighted by atomic mass is 127. The molecule has 0 unspecified atom stereocenters. The Labute approximate surface area is 163 Å². The van der Waals surface area contributed by atoms with Crippen molar-refractivity contribution in [1.82, 2.24) is 10.6 Å². The Morgan fingerprint density at radius 2 is 1.79 bits per heavy atom. The van der Waals surface area contributed by atoms with Crippen LogP contribution in [0.4, 0.5) is 0 Å². The van der Waals surface area contributed by atoms with Gasteiger partial charge >= 0.3 is 0 Å². The fraction of sp³-hybridized carbons (Fsp3) is 0.611. The molecule has 1 aromatic rings. The SMILES string of the molecule is CCCOCc1ccccc1CNC(=NC)NCCCOCC.I. The van der Waals surface area contributed by atoms with E-state index in [0.717, 1.165) is 51.7 Å². The average molecular weight is 449 g/mol. The van der Waals surface area contributed by atoms with E-state index in [1.54, 1.807) is 7.05 Å². The van der Waals surface area contributed by atoms with Crippen LogP contribution in [0.1, 0.15) is 37.8 Å². The number of benzene rings is 1. The summed E-state index contributed by atoms with van der Waals surface area (Å²) >= 11 is 0. The van der Waals surface area contributed by atoms with Crippen LogP contribution in [0.2, 0.25) is 0 Å². The number of hydrogen-bond acceptors (Lipinski definition) is 3. The Hall–Kier alpha value is -0.860. The third kappa shape index (κ3) is 10.1. The highest BCUT2D eigenvalue weighted by molar-refractivity contribution is 14.0. The van der Waals surface area contributed by atoms with Crippen molar-refractivity contribution < 1.29 is 9.47 Å². The maximum atomic E-state index is 5.66. The standard InChI is InChI=1S/C18H31N3O2.HI/c1-4-12-23-15-17-10-7-6-9-16(17)14-21-18(19-3)20-11-8-13-22-5-2;/h6-7,9-10H,4-5,8,11-15H2,1-3H3,(H2,19,20,21);1H. The molecule has 0 atom stereocenters. The van der Waals surface area contributed by atoms with E-state index in [1.165, 1.54) is 11.1 Å². The minimum atomic E-state index is 0. The molecule has 0 amide bonds. The van der Waals surface area contributed by atoms with Gasteiger partial charge in [-0.1, -0.05) is 31.2 Å². The van der Waals surface area contributed by atoms with Crippen LogP contribution in [0.15, 0.2) is 29.3 Å². The van der Waals surface area contributed by atoms with Crippen LogP contribution in [0, 0.1) is 0 Å². The maximum absolute atomic E-state index is 5.66. The number of guanidine groups is 1. The zero-order chi connectivity index (χ0) is 16.8. The molecule has 1 rings (SSSR count). The first-order valence-corrected chi connectivity index (χ1v) is 8.48. The summed E-state index contributed by atoms with van der Waals surface area (Å²) in [6, 6.07) is 8.35. The summed E-state index contributed by atoms with van der Waals surface area (Å²) in [7, 11) is 1.79. The van der Waals surface area contributed by atoms with Crippen molar-refractivity contribution in [3.8, 4) is 0 Å². The first kappa shape index (κ1) is 23.1. The Bertz CT molecular complexity index is 456. The van der Waals surface area contributed by atoms with Crippen LogP contribution < -0.4 is 10.6 Å². The average Bonchev–Trinajstić information content (AvgIpc) is 2.58. The lowest BCUT2D eigenvalue weighted by atomic mass is 10.1. The van der Waals surface area contributed by atoms with Gasteiger partial charge in [-0.15, -0.1) is 24.0 Å². The molecule has 0 fully saturated rings. The summed E-state index contributed by atoms with van der Waals surface area (Å²) in [5.74, 6) is 0.811. The summed E-state index contributed by atoms with van der Waals surface area (Å²) in [4.78, 5) is 4.25. The van der Waals surface area contributed by atoms with Crippen molar-refractivity contribution in [2.24, 2.45) is 4.99 Å². The normalized spacial score (nSPS) is 11.0. The number of halogens is 1. The summed E-state index contributed by atoms with van der Waals surface area (Å²) in [6.45, 7) is 8.71. The molecule has 0 heterocycles. The number of hydrogen-bond donors (Lipinski definition) is 2. The first-order chi connectivity index (χ1) is 11.3. The van der Waals surface area contributed by atoms with E-state index in [9.17, 15) is 0 Å². The Balaban J connectivity index is 0.00000529. The van der Waals surface area contributed by atoms with E-state index in [2.05, 4.69) is 46.8 Å². The molecule has 0 radical (unpaired) electrons. The fourth-order valence-electron chi connectivity index (χ4n) is 2.12. The number of nitrogens with one attached hydrogen (secondary N) is 2. The van der Waals surface area contributed by atoms with Crippen molar-refractivity contribution in [1.29, 1.82) is 0 Å². The van der Waals surface area contributed by atoms with E-state index in [-0.39, 0.29) is 24.0 Å². The summed E-state index contributed by atoms with van der Waals surface area (Å²) in [6.07, 6.45) is 2.01. The van der Waals surface area contributed by atoms with Crippen LogP contribution in [-0.4, -0.2) is 39.4 Å². The molecule has 0 aliphatic heterocycles. The molecule has 6 heteroatoms. The molecule has 138 valence electrons. The van der Waals surface area contributed by atoms with Gasteiger partial charge in [0.15, 0.2) is 5.96 Å². The van der Waals surface area contributed by atoms with E-state index in [4.69, 9.17) is 9.47 Å². The Kier molecular flexibility index (Phi) is 15.1. The van der Waals surface area contributed by atoms with E-state index in [1.807, 2.05) is 6.92 Å². The minimum Gasteiger partial charge on any atom is -0.382 e. The van der Waals surface area contributed by atoms with E-state index in [0.29, 0.717) is 6.61 Å². The monoisotopic (exact) mass is 449 g/mol. The van der Waals surface area contributed by atoms with Crippen LogP contribution in [-0.2, 0) is 22.6 Å². The van der Waals surface area contributed by atoms with Gasteiger partial charge in [0.05, 0.1) is 6.61 Å². The summed E-state index contributed by atoms with van der Waals surface area (Å²) in [5.41, 5.74) is 2.46. The van der Waals surface area contributed by atoms with Gasteiger partial charge in [-0.05, 0) is 30.9 Å². The third-order valence-corrected chi connectivity index (χ3v) is 3.36. The molecule has 0 spiro atoms. The molecule has 0 saturated heterocycles. The Morgan fingerprint density at radius 1 is 1.04 bits per heavy atom. The zero-order valence-corrected chi connectivity index (χ0v) is 17.5. The van der Waals surface area contributed by atoms with Crippen LogP contribution in [0.5, 0.6) is 0 Å². The van der Waals surface area contributed by atoms with Gasteiger partial charge in [0, 0.05) is 40.0 Å². The first-order valence-electron chi connectivity index (χ1n) is 8.48. The highest BCUT2D eigenvalue weighted by Gasteiger charge is 2.03. The van der Waals surface area contributed by atoms with Gasteiger partial charge in [-0.25, -0.2) is 0 Å². The quantitative estimate of drug-likeness (QED) is 0.236. The molecule has 0 saturated carbocycles. The molecule has 0 aromatic heterocycles. The molecular weight excluding hydrogens is 417 g/mol. The van der Waals surface area contributed by atoms with Gasteiger partial charge in [0.2, 0.25) is 0 Å². The molecule has 0 bridgehead atoms. The Morgan fingerprint density at radius 3 is 2.46 bits per heavy atom. The second kappa shape index (κ2) is 15.7. The minimum absolute atomic E-state index is 0. The molecule has 2 N–H and O–H groups in total. The van der Waals surface area contributed by atoms with Crippen molar-refractivity contribution in [2.45, 2.75) is 39.8 Å². The lowest BCUT2D eigenvalue weighted by Crippen LogP contribution is -2.37. The van der Waals surface area contributed by atoms with E-state index < -0.39 is 0 Å². The molecule has 0 aliphatic carbocycles. The second-order valence-corrected chi connectivity index (χ2v) is 5.22. The van der Waals surface area contributed by atoms with Crippen LogP contribution in [0.25, 0.3) is 0 Å². The molecule has 1 aromatic carbocycles. The van der Waals surface area contributed by atoms with Gasteiger partial charge in [-0.3, -0.25) is 4.99 Å². The predicted molar refractivity (Wildman–Crippen MR) is 111 cm³/mol. The van der Waals surface area contributed by atoms with Gasteiger partial charge in [0.1, 0.15) is 0 Å². The third-order valence-electron chi connectivity index (χ3n) is 3.36. The van der Waals surface area contributed by atoms with Crippen molar-refractivity contribution in [3.63, 3.8) is 0 Å². The van der Waals surface area contributed by atoms with Crippen molar-refractivity contribution in [3.05, 3.63) is 35.4 Å². The molecule has 0 aliphatic rings. The lowest BCUT2D eigenvalue weighted by Gasteiger charge is -2.14. The number of nitrogens with zero attached hydrogens (tertiary/aromatic N) is 1. The van der Waals surface area contributed by atoms with Crippen LogP contribution >= 0.6 is 24.0 Å². The van der Waals surface area contributed by atoms with E-state index >= 15 is 0 Å². The molecule has 5 nitrogen and oxygen atoms in total. The molecular formula is C18H32IN3O2. The summed E-state index contributed by atoms with van der Waals surface area (Å²) in [5, 5.41) is 6.65. The topological polar surface area (TPSA) is 54.9 Å². The van der Waals surface area contributed by atoms with Crippen LogP contribution in [0.3, 0.4) is 0 Å². The van der Waals surface area contributed by atoms with Gasteiger partial charge in [-0.2, -0.15) is 0 Å². The number of rotatable bonds is 11. The smallest absolute Gasteiger partial charge is 0.191 e. The lowest BCUT2D eigenvalue weighted by molar-refractivity contribution is 0.121. The molecule has 24 heavy (non-hydrogen) atoms. The summed E-state index contributed by atoms with van der Waals surface area (Å²) < 4.78 is 11.0.